The fraction of sp³-hybridized carbons (Fsp3) is 0.750. The molecule has 1 aliphatic carbocycles. The monoisotopic (exact) mass is 278 g/mol. The van der Waals surface area contributed by atoms with Crippen molar-refractivity contribution in [1.29, 1.82) is 0 Å². The largest absolute Gasteiger partial charge is 0.311 e. The van der Waals surface area contributed by atoms with Crippen molar-refractivity contribution in [3.63, 3.8) is 0 Å². The number of hydrogen-bond donors (Lipinski definition) is 1. The molecule has 0 radical (unpaired) electrons. The smallest absolute Gasteiger partial charge is 0.0224 e. The summed E-state index contributed by atoms with van der Waals surface area (Å²) >= 11 is 1.82. The summed E-state index contributed by atoms with van der Waals surface area (Å²) < 4.78 is 0. The summed E-state index contributed by atoms with van der Waals surface area (Å²) in [4.78, 5) is 2.77. The van der Waals surface area contributed by atoms with E-state index < -0.39 is 0 Å². The van der Waals surface area contributed by atoms with Gasteiger partial charge in [-0.3, -0.25) is 4.90 Å². The van der Waals surface area contributed by atoms with Crippen LogP contribution in [0, 0.1) is 5.92 Å². The molecule has 2 fully saturated rings. The predicted molar refractivity (Wildman–Crippen MR) is 82.8 cm³/mol. The molecule has 1 aliphatic heterocycles. The van der Waals surface area contributed by atoms with Gasteiger partial charge in [-0.15, -0.1) is 0 Å². The summed E-state index contributed by atoms with van der Waals surface area (Å²) in [5, 5.41) is 8.29. The van der Waals surface area contributed by atoms with Gasteiger partial charge in [-0.05, 0) is 60.9 Å². The van der Waals surface area contributed by atoms with Crippen LogP contribution in [0.1, 0.15) is 38.7 Å². The zero-order valence-corrected chi connectivity index (χ0v) is 13.0. The maximum atomic E-state index is 3.79. The molecule has 1 aromatic heterocycles. The van der Waals surface area contributed by atoms with Crippen LogP contribution in [0.2, 0.25) is 0 Å². The van der Waals surface area contributed by atoms with Crippen LogP contribution in [0.3, 0.4) is 0 Å². The molecule has 1 N–H and O–H groups in total. The number of nitrogens with zero attached hydrogens (tertiary/aromatic N) is 1. The van der Waals surface area contributed by atoms with Crippen molar-refractivity contribution in [2.75, 3.05) is 13.1 Å². The van der Waals surface area contributed by atoms with Gasteiger partial charge in [0, 0.05) is 31.2 Å². The second-order valence-electron chi connectivity index (χ2n) is 6.30. The summed E-state index contributed by atoms with van der Waals surface area (Å²) in [6, 6.07) is 4.43. The molecular formula is C16H26N2S. The summed E-state index contributed by atoms with van der Waals surface area (Å²) in [7, 11) is 0. The minimum Gasteiger partial charge on any atom is -0.311 e. The summed E-state index contributed by atoms with van der Waals surface area (Å²) in [6.45, 7) is 7.18. The Morgan fingerprint density at radius 3 is 2.95 bits per heavy atom. The van der Waals surface area contributed by atoms with E-state index in [4.69, 9.17) is 0 Å². The molecule has 0 spiro atoms. The molecule has 1 aromatic rings. The van der Waals surface area contributed by atoms with Gasteiger partial charge < -0.3 is 5.32 Å². The van der Waals surface area contributed by atoms with E-state index in [9.17, 15) is 0 Å². The van der Waals surface area contributed by atoms with Crippen molar-refractivity contribution in [2.24, 2.45) is 5.92 Å². The molecule has 0 amide bonds. The molecule has 3 heteroatoms. The minimum atomic E-state index is 0.669. The van der Waals surface area contributed by atoms with Crippen molar-refractivity contribution >= 4 is 11.3 Å². The third kappa shape index (κ3) is 3.21. The van der Waals surface area contributed by atoms with Gasteiger partial charge in [-0.1, -0.05) is 6.92 Å². The van der Waals surface area contributed by atoms with Crippen LogP contribution >= 0.6 is 11.3 Å². The van der Waals surface area contributed by atoms with Crippen LogP contribution in [0.5, 0.6) is 0 Å². The third-order valence-corrected chi connectivity index (χ3v) is 5.56. The molecule has 1 saturated heterocycles. The molecule has 106 valence electrons. The highest BCUT2D eigenvalue weighted by Crippen LogP contribution is 2.35. The lowest BCUT2D eigenvalue weighted by Crippen LogP contribution is -2.59. The van der Waals surface area contributed by atoms with Gasteiger partial charge in [-0.2, -0.15) is 11.3 Å². The van der Waals surface area contributed by atoms with E-state index in [0.717, 1.165) is 18.0 Å². The molecular weight excluding hydrogens is 252 g/mol. The van der Waals surface area contributed by atoms with E-state index in [-0.39, 0.29) is 0 Å². The van der Waals surface area contributed by atoms with Gasteiger partial charge in [0.2, 0.25) is 0 Å². The Labute approximate surface area is 121 Å². The van der Waals surface area contributed by atoms with E-state index in [1.54, 1.807) is 0 Å². The van der Waals surface area contributed by atoms with Crippen LogP contribution in [0.15, 0.2) is 16.8 Å². The second kappa shape index (κ2) is 5.94. The SMILES string of the molecule is CCC1CNC(C2CC2)CN1C(C)Cc1ccsc1. The Kier molecular flexibility index (Phi) is 4.25. The standard InChI is InChI=1S/C16H26N2S/c1-3-15-9-17-16(14-4-5-14)10-18(15)12(2)8-13-6-7-19-11-13/h6-7,11-12,14-17H,3-5,8-10H2,1-2H3. The van der Waals surface area contributed by atoms with E-state index >= 15 is 0 Å². The Morgan fingerprint density at radius 2 is 2.32 bits per heavy atom. The number of thiophene rings is 1. The van der Waals surface area contributed by atoms with E-state index in [1.165, 1.54) is 44.3 Å². The first kappa shape index (κ1) is 13.6. The summed E-state index contributed by atoms with van der Waals surface area (Å²) in [5.41, 5.74) is 1.51. The van der Waals surface area contributed by atoms with E-state index in [2.05, 4.69) is 40.9 Å². The van der Waals surface area contributed by atoms with Crippen molar-refractivity contribution in [1.82, 2.24) is 10.2 Å². The topological polar surface area (TPSA) is 15.3 Å². The van der Waals surface area contributed by atoms with Crippen molar-refractivity contribution < 1.29 is 0 Å². The van der Waals surface area contributed by atoms with Gasteiger partial charge in [0.05, 0.1) is 0 Å². The quantitative estimate of drug-likeness (QED) is 0.890. The van der Waals surface area contributed by atoms with Crippen molar-refractivity contribution in [2.45, 2.75) is 57.7 Å². The van der Waals surface area contributed by atoms with Crippen LogP contribution in [-0.4, -0.2) is 36.1 Å². The fourth-order valence-electron chi connectivity index (χ4n) is 3.45. The number of nitrogens with one attached hydrogen (secondary N) is 1. The zero-order chi connectivity index (χ0) is 13.2. The molecule has 0 aromatic carbocycles. The highest BCUT2D eigenvalue weighted by atomic mass is 32.1. The normalized spacial score (nSPS) is 30.4. The number of piperazine rings is 1. The van der Waals surface area contributed by atoms with Gasteiger partial charge in [0.1, 0.15) is 0 Å². The maximum absolute atomic E-state index is 3.79. The van der Waals surface area contributed by atoms with Gasteiger partial charge in [0.25, 0.3) is 0 Å². The lowest BCUT2D eigenvalue weighted by Gasteiger charge is -2.43. The van der Waals surface area contributed by atoms with Crippen LogP contribution in [-0.2, 0) is 6.42 Å². The average molecular weight is 278 g/mol. The first-order valence-electron chi connectivity index (χ1n) is 7.78. The Hall–Kier alpha value is -0.380. The number of rotatable bonds is 5. The molecule has 1 saturated carbocycles. The van der Waals surface area contributed by atoms with Gasteiger partial charge >= 0.3 is 0 Å². The highest BCUT2D eigenvalue weighted by Gasteiger charge is 2.37. The van der Waals surface area contributed by atoms with E-state index in [0.29, 0.717) is 6.04 Å². The van der Waals surface area contributed by atoms with Crippen molar-refractivity contribution in [3.05, 3.63) is 22.4 Å². The maximum Gasteiger partial charge on any atom is 0.0224 e. The van der Waals surface area contributed by atoms with Gasteiger partial charge in [0.15, 0.2) is 0 Å². The minimum absolute atomic E-state index is 0.669. The van der Waals surface area contributed by atoms with Gasteiger partial charge in [-0.25, -0.2) is 0 Å². The third-order valence-electron chi connectivity index (χ3n) is 4.83. The van der Waals surface area contributed by atoms with E-state index in [1.807, 2.05) is 11.3 Å². The highest BCUT2D eigenvalue weighted by molar-refractivity contribution is 7.07. The zero-order valence-electron chi connectivity index (χ0n) is 12.1. The number of hydrogen-bond acceptors (Lipinski definition) is 3. The van der Waals surface area contributed by atoms with Crippen LogP contribution in [0.4, 0.5) is 0 Å². The lowest BCUT2D eigenvalue weighted by molar-refractivity contribution is 0.0805. The molecule has 2 aliphatic rings. The first-order valence-corrected chi connectivity index (χ1v) is 8.72. The van der Waals surface area contributed by atoms with Crippen LogP contribution in [0.25, 0.3) is 0 Å². The Balaban J connectivity index is 1.63. The molecule has 3 unspecified atom stereocenters. The molecule has 3 atom stereocenters. The summed E-state index contributed by atoms with van der Waals surface area (Å²) in [6.07, 6.45) is 5.36. The van der Waals surface area contributed by atoms with Crippen molar-refractivity contribution in [3.8, 4) is 0 Å². The first-order chi connectivity index (χ1) is 9.28. The van der Waals surface area contributed by atoms with Crippen LogP contribution < -0.4 is 5.32 Å². The summed E-state index contributed by atoms with van der Waals surface area (Å²) in [5.74, 6) is 0.966. The molecule has 0 bridgehead atoms. The Morgan fingerprint density at radius 1 is 1.47 bits per heavy atom. The second-order valence-corrected chi connectivity index (χ2v) is 7.08. The fourth-order valence-corrected chi connectivity index (χ4v) is 4.13. The molecule has 19 heavy (non-hydrogen) atoms. The lowest BCUT2D eigenvalue weighted by atomic mass is 9.99. The molecule has 2 nitrogen and oxygen atoms in total. The predicted octanol–water partition coefficient (Wildman–Crippen LogP) is 3.14. The molecule has 2 heterocycles. The Bertz CT molecular complexity index is 385. The average Bonchev–Trinajstić information content (AvgIpc) is 3.17. The molecule has 3 rings (SSSR count).